The Morgan fingerprint density at radius 1 is 1.11 bits per heavy atom. The molecule has 1 heterocycles. The number of hydrogen-bond donors (Lipinski definition) is 0. The second-order valence-corrected chi connectivity index (χ2v) is 4.80. The van der Waals surface area contributed by atoms with Gasteiger partial charge in [-0.1, -0.05) is 52.4 Å². The average Bonchev–Trinajstić information content (AvgIpc) is 2.63. The van der Waals surface area contributed by atoms with E-state index in [1.54, 1.807) is 0 Å². The maximum Gasteiger partial charge on any atom is 0.264 e. The maximum absolute atomic E-state index is 5.87. The van der Waals surface area contributed by atoms with Gasteiger partial charge in [0.25, 0.3) is 6.29 Å². The van der Waals surface area contributed by atoms with Gasteiger partial charge in [-0.3, -0.25) is 0 Å². The molecular formula is C15H13BrO2. The number of fused-ring (bicyclic) bond motifs is 1. The summed E-state index contributed by atoms with van der Waals surface area (Å²) in [5.41, 5.74) is 2.32. The molecule has 1 aliphatic carbocycles. The van der Waals surface area contributed by atoms with E-state index >= 15 is 0 Å². The zero-order valence-corrected chi connectivity index (χ0v) is 11.4. The highest BCUT2D eigenvalue weighted by Crippen LogP contribution is 2.38. The number of allylic oxidation sites excluding steroid dienone is 5. The molecule has 1 atom stereocenters. The third-order valence-electron chi connectivity index (χ3n) is 2.96. The lowest BCUT2D eigenvalue weighted by molar-refractivity contribution is 0.0820. The van der Waals surface area contributed by atoms with Crippen molar-refractivity contribution in [3.63, 3.8) is 0 Å². The molecule has 0 spiro atoms. The minimum Gasteiger partial charge on any atom is -0.447 e. The Hall–Kier alpha value is -1.48. The van der Waals surface area contributed by atoms with Crippen LogP contribution in [-0.4, -0.2) is 6.29 Å². The molecule has 1 aliphatic heterocycles. The smallest absolute Gasteiger partial charge is 0.264 e. The summed E-state index contributed by atoms with van der Waals surface area (Å²) in [5.74, 6) is 1.65. The molecule has 3 rings (SSSR count). The normalized spacial score (nSPS) is 20.7. The first kappa shape index (κ1) is 11.6. The van der Waals surface area contributed by atoms with Crippen molar-refractivity contribution in [2.45, 2.75) is 18.0 Å². The van der Waals surface area contributed by atoms with Crippen molar-refractivity contribution in [3.05, 3.63) is 59.7 Å². The molecule has 1 aromatic rings. The van der Waals surface area contributed by atoms with Gasteiger partial charge >= 0.3 is 0 Å². The van der Waals surface area contributed by atoms with Crippen LogP contribution in [0.4, 0.5) is 0 Å². The molecule has 0 fully saturated rings. The lowest BCUT2D eigenvalue weighted by Gasteiger charge is -2.12. The highest BCUT2D eigenvalue weighted by atomic mass is 79.9. The van der Waals surface area contributed by atoms with Gasteiger partial charge in [-0.2, -0.15) is 0 Å². The van der Waals surface area contributed by atoms with E-state index in [4.69, 9.17) is 9.47 Å². The van der Waals surface area contributed by atoms with Gasteiger partial charge in [-0.05, 0) is 24.1 Å². The molecule has 0 saturated carbocycles. The number of benzene rings is 1. The summed E-state index contributed by atoms with van der Waals surface area (Å²) >= 11 is 3.44. The van der Waals surface area contributed by atoms with Crippen LogP contribution in [0, 0.1) is 0 Å². The molecule has 1 unspecified atom stereocenters. The van der Waals surface area contributed by atoms with Crippen molar-refractivity contribution in [1.29, 1.82) is 0 Å². The molecule has 2 aliphatic rings. The minimum atomic E-state index is -0.294. The summed E-state index contributed by atoms with van der Waals surface area (Å²) < 4.78 is 11.7. The van der Waals surface area contributed by atoms with E-state index in [1.165, 1.54) is 5.56 Å². The number of halogens is 1. The molecule has 18 heavy (non-hydrogen) atoms. The Morgan fingerprint density at radius 3 is 2.89 bits per heavy atom. The van der Waals surface area contributed by atoms with Crippen LogP contribution in [-0.2, 0) is 5.33 Å². The number of rotatable bonds is 2. The maximum atomic E-state index is 5.87. The predicted octanol–water partition coefficient (Wildman–Crippen LogP) is 4.12. The van der Waals surface area contributed by atoms with Crippen LogP contribution < -0.4 is 9.47 Å². The van der Waals surface area contributed by atoms with Crippen LogP contribution in [0.1, 0.15) is 12.0 Å². The van der Waals surface area contributed by atoms with E-state index in [0.29, 0.717) is 0 Å². The van der Waals surface area contributed by atoms with Gasteiger partial charge in [0.05, 0.1) is 0 Å². The summed E-state index contributed by atoms with van der Waals surface area (Å²) in [6.07, 6.45) is 10.8. The molecule has 0 aromatic heterocycles. The van der Waals surface area contributed by atoms with E-state index in [1.807, 2.05) is 36.4 Å². The Balaban J connectivity index is 1.82. The van der Waals surface area contributed by atoms with Crippen LogP contribution in [0.2, 0.25) is 0 Å². The summed E-state index contributed by atoms with van der Waals surface area (Å²) in [6.45, 7) is 0. The number of hydrogen-bond acceptors (Lipinski definition) is 2. The van der Waals surface area contributed by atoms with E-state index in [2.05, 4.69) is 28.1 Å². The van der Waals surface area contributed by atoms with Gasteiger partial charge < -0.3 is 9.47 Å². The summed E-state index contributed by atoms with van der Waals surface area (Å²) in [5, 5.41) is 0.822. The van der Waals surface area contributed by atoms with Crippen LogP contribution in [0.3, 0.4) is 0 Å². The van der Waals surface area contributed by atoms with Crippen molar-refractivity contribution >= 4 is 15.9 Å². The monoisotopic (exact) mass is 304 g/mol. The van der Waals surface area contributed by atoms with Crippen molar-refractivity contribution in [2.24, 2.45) is 0 Å². The largest absolute Gasteiger partial charge is 0.447 e. The van der Waals surface area contributed by atoms with Crippen molar-refractivity contribution in [2.75, 3.05) is 0 Å². The predicted molar refractivity (Wildman–Crippen MR) is 75.1 cm³/mol. The van der Waals surface area contributed by atoms with Gasteiger partial charge in [0, 0.05) is 10.9 Å². The Morgan fingerprint density at radius 2 is 2.00 bits per heavy atom. The lowest BCUT2D eigenvalue weighted by Crippen LogP contribution is -2.20. The Bertz CT molecular complexity index is 543. The first-order valence-corrected chi connectivity index (χ1v) is 7.03. The van der Waals surface area contributed by atoms with Crippen LogP contribution >= 0.6 is 15.9 Å². The molecule has 0 N–H and O–H groups in total. The SMILES string of the molecule is BrCc1ccc2c(c1)OC(C1=CC=CC=CC1)O2. The summed E-state index contributed by atoms with van der Waals surface area (Å²) in [7, 11) is 0. The highest BCUT2D eigenvalue weighted by molar-refractivity contribution is 9.08. The second-order valence-electron chi connectivity index (χ2n) is 4.24. The molecule has 0 bridgehead atoms. The van der Waals surface area contributed by atoms with E-state index in [-0.39, 0.29) is 6.29 Å². The van der Waals surface area contributed by atoms with Gasteiger partial charge in [0.15, 0.2) is 11.5 Å². The van der Waals surface area contributed by atoms with E-state index < -0.39 is 0 Å². The zero-order valence-electron chi connectivity index (χ0n) is 9.80. The minimum absolute atomic E-state index is 0.294. The fourth-order valence-electron chi connectivity index (χ4n) is 2.00. The average molecular weight is 305 g/mol. The van der Waals surface area contributed by atoms with Crippen LogP contribution in [0.25, 0.3) is 0 Å². The molecule has 0 saturated heterocycles. The fraction of sp³-hybridized carbons (Fsp3) is 0.200. The molecule has 1 aromatic carbocycles. The molecule has 0 amide bonds. The second kappa shape index (κ2) is 5.02. The summed E-state index contributed by atoms with van der Waals surface area (Å²) in [6, 6.07) is 6.03. The molecule has 0 radical (unpaired) electrons. The number of alkyl halides is 1. The Labute approximate surface area is 115 Å². The van der Waals surface area contributed by atoms with Gasteiger partial charge in [0.1, 0.15) is 0 Å². The van der Waals surface area contributed by atoms with Crippen molar-refractivity contribution < 1.29 is 9.47 Å². The van der Waals surface area contributed by atoms with Crippen molar-refractivity contribution in [1.82, 2.24) is 0 Å². The van der Waals surface area contributed by atoms with Crippen LogP contribution in [0.15, 0.2) is 54.2 Å². The third kappa shape index (κ3) is 2.23. The molecular weight excluding hydrogens is 292 g/mol. The van der Waals surface area contributed by atoms with Crippen molar-refractivity contribution in [3.8, 4) is 11.5 Å². The topological polar surface area (TPSA) is 18.5 Å². The lowest BCUT2D eigenvalue weighted by atomic mass is 10.2. The van der Waals surface area contributed by atoms with E-state index in [0.717, 1.165) is 28.8 Å². The summed E-state index contributed by atoms with van der Waals surface area (Å²) in [4.78, 5) is 0. The first-order chi connectivity index (χ1) is 8.86. The van der Waals surface area contributed by atoms with Gasteiger partial charge in [-0.25, -0.2) is 0 Å². The van der Waals surface area contributed by atoms with Gasteiger partial charge in [-0.15, -0.1) is 0 Å². The fourth-order valence-corrected chi connectivity index (χ4v) is 2.35. The quantitative estimate of drug-likeness (QED) is 0.765. The number of ether oxygens (including phenoxy) is 2. The van der Waals surface area contributed by atoms with E-state index in [9.17, 15) is 0 Å². The molecule has 92 valence electrons. The first-order valence-electron chi connectivity index (χ1n) is 5.91. The van der Waals surface area contributed by atoms with Crippen LogP contribution in [0.5, 0.6) is 11.5 Å². The highest BCUT2D eigenvalue weighted by Gasteiger charge is 2.27. The standard InChI is InChI=1S/C15H13BrO2/c16-10-11-7-8-13-14(9-11)18-15(17-13)12-5-3-1-2-4-6-12/h1-5,7-9,15H,6,10H2. The van der Waals surface area contributed by atoms with Gasteiger partial charge in [0.2, 0.25) is 0 Å². The zero-order chi connectivity index (χ0) is 12.4. The molecule has 2 nitrogen and oxygen atoms in total. The molecule has 3 heteroatoms. The Kier molecular flexibility index (Phi) is 3.24. The third-order valence-corrected chi connectivity index (χ3v) is 3.60.